The molecule has 9 aromatic rings. The summed E-state index contributed by atoms with van der Waals surface area (Å²) in [6, 6.07) is 30.9. The molecule has 0 saturated carbocycles. The quantitative estimate of drug-likeness (QED) is 0.0707. The molecule has 0 saturated heterocycles. The largest absolute Gasteiger partial charge is 0.504 e. The van der Waals surface area contributed by atoms with E-state index < -0.39 is 0 Å². The molecule has 18 nitrogen and oxygen atoms in total. The zero-order chi connectivity index (χ0) is 50.0. The number of rotatable bonds is 6. The molecular formula is C48H60B2N12O6Zr2-2. The SMILES string of the molecule is Cc1cc(C)n([B-](n2nc(C)cc2C)n2nc(C)cc2C)n1.Cc1cc(C)n([B-](n2nc(C)cc2C)n2nc(C)cc2C)n1.Oc1ccccc1O.Oc1ccccc1O.Oc1ccccc1O.[Zr].[Zr]. The number of nitrogens with zero attached hydrogens (tertiary/aromatic N) is 12. The summed E-state index contributed by atoms with van der Waals surface area (Å²) in [6.45, 7) is 24.4. The van der Waals surface area contributed by atoms with E-state index in [4.69, 9.17) is 30.6 Å². The van der Waals surface area contributed by atoms with Crippen molar-refractivity contribution in [3.63, 3.8) is 0 Å². The van der Waals surface area contributed by atoms with Crippen LogP contribution in [0.5, 0.6) is 34.5 Å². The molecule has 0 spiro atoms. The molecule has 364 valence electrons. The van der Waals surface area contributed by atoms with Crippen LogP contribution in [-0.2, 0) is 52.4 Å². The molecule has 22 heteroatoms. The second-order valence-electron chi connectivity index (χ2n) is 16.4. The van der Waals surface area contributed by atoms with Gasteiger partial charge in [0.15, 0.2) is 34.5 Å². The molecule has 0 aliphatic rings. The topological polar surface area (TPSA) is 228 Å². The van der Waals surface area contributed by atoms with Gasteiger partial charge in [0.05, 0.1) is 34.2 Å². The van der Waals surface area contributed by atoms with Crippen LogP contribution < -0.4 is 0 Å². The Balaban J connectivity index is 0.000000250. The fraction of sp³-hybridized carbons (Fsp3) is 0.250. The molecule has 9 rings (SSSR count). The number of para-hydroxylation sites is 6. The molecule has 0 fully saturated rings. The van der Waals surface area contributed by atoms with Crippen LogP contribution in [0.1, 0.15) is 68.3 Å². The van der Waals surface area contributed by atoms with Gasteiger partial charge >= 0.3 is 0 Å². The smallest absolute Gasteiger partial charge is 0.261 e. The average Bonchev–Trinajstić information content (AvgIpc) is 4.12. The van der Waals surface area contributed by atoms with E-state index in [1.807, 2.05) is 69.1 Å². The van der Waals surface area contributed by atoms with Crippen molar-refractivity contribution in [3.8, 4) is 34.5 Å². The minimum Gasteiger partial charge on any atom is -0.504 e. The number of benzene rings is 3. The molecule has 3 aromatic carbocycles. The van der Waals surface area contributed by atoms with Crippen molar-refractivity contribution in [1.29, 1.82) is 0 Å². The zero-order valence-electron chi connectivity index (χ0n) is 41.6. The summed E-state index contributed by atoms with van der Waals surface area (Å²) in [5.74, 6) is -0.458. The van der Waals surface area contributed by atoms with Crippen molar-refractivity contribution >= 4 is 14.2 Å². The zero-order valence-corrected chi connectivity index (χ0v) is 46.5. The first kappa shape index (κ1) is 57.9. The van der Waals surface area contributed by atoms with E-state index in [0.717, 1.165) is 68.3 Å². The normalized spacial score (nSPS) is 10.4. The van der Waals surface area contributed by atoms with Gasteiger partial charge in [0, 0.05) is 52.4 Å². The van der Waals surface area contributed by atoms with Gasteiger partial charge in [0.25, 0.3) is 14.2 Å². The Bertz CT molecular complexity index is 2560. The van der Waals surface area contributed by atoms with Gasteiger partial charge in [0.2, 0.25) is 0 Å². The van der Waals surface area contributed by atoms with E-state index in [1.165, 1.54) is 36.4 Å². The van der Waals surface area contributed by atoms with Crippen LogP contribution in [0.2, 0.25) is 0 Å². The summed E-state index contributed by atoms with van der Waals surface area (Å²) in [5, 5.41) is 80.0. The van der Waals surface area contributed by atoms with Crippen LogP contribution in [0.4, 0.5) is 0 Å². The number of phenolic OH excluding ortho intramolecular Hbond substituents is 6. The van der Waals surface area contributed by atoms with Crippen LogP contribution in [0.3, 0.4) is 0 Å². The van der Waals surface area contributed by atoms with Crippen molar-refractivity contribution < 1.29 is 83.0 Å². The maximum Gasteiger partial charge on any atom is 0.261 e. The number of aryl methyl sites for hydroxylation is 12. The van der Waals surface area contributed by atoms with E-state index >= 15 is 0 Å². The van der Waals surface area contributed by atoms with E-state index in [9.17, 15) is 0 Å². The molecule has 0 bridgehead atoms. The maximum absolute atomic E-state index is 8.67. The first-order valence-electron chi connectivity index (χ1n) is 21.7. The summed E-state index contributed by atoms with van der Waals surface area (Å²) >= 11 is 0. The van der Waals surface area contributed by atoms with Crippen molar-refractivity contribution in [2.75, 3.05) is 0 Å². The van der Waals surface area contributed by atoms with Crippen LogP contribution in [0, 0.1) is 83.1 Å². The number of phenols is 6. The molecule has 70 heavy (non-hydrogen) atoms. The van der Waals surface area contributed by atoms with E-state index in [-0.39, 0.29) is 101 Å². The Morgan fingerprint density at radius 2 is 0.400 bits per heavy atom. The third-order valence-electron chi connectivity index (χ3n) is 10.2. The monoisotopic (exact) mass is 1100 g/mol. The van der Waals surface area contributed by atoms with Gasteiger partial charge < -0.3 is 58.2 Å². The average molecular weight is 1110 g/mol. The van der Waals surface area contributed by atoms with E-state index in [0.29, 0.717) is 0 Å². The summed E-state index contributed by atoms with van der Waals surface area (Å²) in [4.78, 5) is 0. The first-order valence-corrected chi connectivity index (χ1v) is 21.7. The fourth-order valence-electron chi connectivity index (χ4n) is 7.29. The van der Waals surface area contributed by atoms with Gasteiger partial charge in [-0.2, -0.15) is 0 Å². The van der Waals surface area contributed by atoms with Crippen molar-refractivity contribution in [2.45, 2.75) is 83.1 Å². The number of aromatic hydroxyl groups is 6. The maximum atomic E-state index is 8.67. The summed E-state index contributed by atoms with van der Waals surface area (Å²) in [6.07, 6.45) is 0. The Morgan fingerprint density at radius 1 is 0.271 bits per heavy atom. The molecule has 0 aliphatic carbocycles. The second kappa shape index (κ2) is 26.0. The molecule has 0 atom stereocenters. The molecule has 0 amide bonds. The summed E-state index contributed by atoms with van der Waals surface area (Å²) in [7, 11) is -0.452. The molecular weight excluding hydrogens is 1040 g/mol. The molecule has 6 aromatic heterocycles. The van der Waals surface area contributed by atoms with E-state index in [1.54, 1.807) is 36.4 Å². The molecule has 0 aliphatic heterocycles. The summed E-state index contributed by atoms with van der Waals surface area (Å²) in [5.41, 5.74) is 12.5. The van der Waals surface area contributed by atoms with Crippen LogP contribution in [0.15, 0.2) is 109 Å². The predicted molar refractivity (Wildman–Crippen MR) is 263 cm³/mol. The minimum absolute atomic E-state index is 0. The number of hydrogen-bond acceptors (Lipinski definition) is 12. The van der Waals surface area contributed by atoms with Gasteiger partial charge in [-0.05, 0) is 190 Å². The predicted octanol–water partition coefficient (Wildman–Crippen LogP) is 7.40. The van der Waals surface area contributed by atoms with Gasteiger partial charge in [-0.25, -0.2) is 30.6 Å². The van der Waals surface area contributed by atoms with Gasteiger partial charge in [-0.3, -0.25) is 0 Å². The van der Waals surface area contributed by atoms with Gasteiger partial charge in [-0.1, -0.05) is 36.4 Å². The van der Waals surface area contributed by atoms with Crippen molar-refractivity contribution in [1.82, 2.24) is 58.1 Å². The van der Waals surface area contributed by atoms with Gasteiger partial charge in [0.1, 0.15) is 0 Å². The standard InChI is InChI=1S/2C15H21BN6.3C6H6O2.2Zr/c2*1-10-7-13(4)20(17-10)16(21-14(5)8-11(2)18-21)22-15(6)9-12(3)19-22;3*7-5-3-1-2-4-6(5)8;;/h2*7-9H,1-6H3;3*1-4,7-8H;;/q2*-1;;;;;. The number of hydrogen-bond donors (Lipinski definition) is 6. The third kappa shape index (κ3) is 15.1. The second-order valence-corrected chi connectivity index (χ2v) is 16.4. The molecule has 0 unspecified atom stereocenters. The molecule has 2 radical (unpaired) electrons. The van der Waals surface area contributed by atoms with Crippen LogP contribution in [-0.4, -0.2) is 103 Å². The number of aromatic nitrogens is 12. The van der Waals surface area contributed by atoms with Crippen LogP contribution in [0.25, 0.3) is 0 Å². The van der Waals surface area contributed by atoms with Gasteiger partial charge in [-0.15, -0.1) is 0 Å². The fourth-order valence-corrected chi connectivity index (χ4v) is 7.29. The Labute approximate surface area is 447 Å². The molecule has 6 N–H and O–H groups in total. The van der Waals surface area contributed by atoms with Crippen molar-refractivity contribution in [2.24, 2.45) is 0 Å². The Hall–Kier alpha value is -6.38. The van der Waals surface area contributed by atoms with E-state index in [2.05, 4.69) is 109 Å². The van der Waals surface area contributed by atoms with Crippen LogP contribution >= 0.6 is 0 Å². The summed E-state index contributed by atoms with van der Waals surface area (Å²) < 4.78 is 11.9. The molecule has 6 heterocycles. The third-order valence-corrected chi connectivity index (χ3v) is 10.2. The van der Waals surface area contributed by atoms with Crippen molar-refractivity contribution in [3.05, 3.63) is 178 Å². The Kier molecular flexibility index (Phi) is 21.5. The Morgan fingerprint density at radius 3 is 0.486 bits per heavy atom. The minimum atomic E-state index is -0.226. The first-order chi connectivity index (χ1) is 32.1.